The largest absolute Gasteiger partial charge is 0.453 e. The third kappa shape index (κ3) is 4.78. The Balaban J connectivity index is 1.56. The first-order valence-electron chi connectivity index (χ1n) is 9.10. The molecule has 1 aliphatic rings. The lowest BCUT2D eigenvalue weighted by atomic mass is 9.88. The Morgan fingerprint density at radius 1 is 1.15 bits per heavy atom. The zero-order valence-electron chi connectivity index (χ0n) is 15.7. The third-order valence-corrected chi connectivity index (χ3v) is 4.79. The number of anilines is 1. The molecule has 2 N–H and O–H groups in total. The van der Waals surface area contributed by atoms with E-state index in [0.717, 1.165) is 24.8 Å². The van der Waals surface area contributed by atoms with Crippen LogP contribution in [0.25, 0.3) is 0 Å². The van der Waals surface area contributed by atoms with Crippen LogP contribution in [0, 0.1) is 0 Å². The summed E-state index contributed by atoms with van der Waals surface area (Å²) in [6.45, 7) is 0.442. The van der Waals surface area contributed by atoms with E-state index in [1.807, 2.05) is 36.4 Å². The molecule has 0 aromatic heterocycles. The van der Waals surface area contributed by atoms with Crippen LogP contribution in [-0.4, -0.2) is 31.2 Å². The van der Waals surface area contributed by atoms with Crippen molar-refractivity contribution in [1.82, 2.24) is 10.2 Å². The van der Waals surface area contributed by atoms with Crippen LogP contribution in [0.2, 0.25) is 0 Å². The van der Waals surface area contributed by atoms with Crippen LogP contribution >= 0.6 is 0 Å². The molecule has 0 fully saturated rings. The monoisotopic (exact) mass is 367 g/mol. The van der Waals surface area contributed by atoms with Gasteiger partial charge in [-0.3, -0.25) is 0 Å². The summed E-state index contributed by atoms with van der Waals surface area (Å²) in [5, 5.41) is 5.95. The quantitative estimate of drug-likeness (QED) is 0.855. The van der Waals surface area contributed by atoms with Crippen molar-refractivity contribution in [3.63, 3.8) is 0 Å². The minimum absolute atomic E-state index is 0.0444. The van der Waals surface area contributed by atoms with Gasteiger partial charge in [0.1, 0.15) is 0 Å². The number of fused-ring (bicyclic) bond motifs is 1. The minimum Gasteiger partial charge on any atom is -0.453 e. The highest BCUT2D eigenvalue weighted by Gasteiger charge is 2.21. The normalized spacial score (nSPS) is 15.4. The number of methoxy groups -OCH3 is 1. The van der Waals surface area contributed by atoms with E-state index in [-0.39, 0.29) is 18.2 Å². The lowest BCUT2D eigenvalue weighted by Gasteiger charge is -2.26. The SMILES string of the molecule is COC(=O)N(C)Cc1ccc(NC(=O)NC2CCCc3ccccc32)cc1. The van der Waals surface area contributed by atoms with Gasteiger partial charge in [0.05, 0.1) is 13.2 Å². The van der Waals surface area contributed by atoms with Crippen molar-refractivity contribution in [2.24, 2.45) is 0 Å². The van der Waals surface area contributed by atoms with E-state index in [0.29, 0.717) is 12.2 Å². The third-order valence-electron chi connectivity index (χ3n) is 4.79. The maximum atomic E-state index is 12.4. The Labute approximate surface area is 159 Å². The van der Waals surface area contributed by atoms with Crippen LogP contribution in [-0.2, 0) is 17.7 Å². The van der Waals surface area contributed by atoms with Crippen molar-refractivity contribution >= 4 is 17.8 Å². The number of nitrogens with one attached hydrogen (secondary N) is 2. The van der Waals surface area contributed by atoms with Crippen molar-refractivity contribution in [3.05, 3.63) is 65.2 Å². The fourth-order valence-corrected chi connectivity index (χ4v) is 3.42. The molecule has 3 amide bonds. The summed E-state index contributed by atoms with van der Waals surface area (Å²) < 4.78 is 4.68. The first-order valence-corrected chi connectivity index (χ1v) is 9.10. The minimum atomic E-state index is -0.385. The molecule has 0 saturated carbocycles. The molecule has 1 atom stereocenters. The standard InChI is InChI=1S/C21H25N3O3/c1-24(21(26)27-2)14-15-10-12-17(13-11-15)22-20(25)23-19-9-5-7-16-6-3-4-8-18(16)19/h3-4,6,8,10-13,19H,5,7,9,14H2,1-2H3,(H2,22,23,25). The topological polar surface area (TPSA) is 70.7 Å². The van der Waals surface area contributed by atoms with E-state index in [9.17, 15) is 9.59 Å². The molecule has 0 saturated heterocycles. The number of carbonyl (C=O) groups excluding carboxylic acids is 2. The molecular formula is C21H25N3O3. The summed E-state index contributed by atoms with van der Waals surface area (Å²) in [5.74, 6) is 0. The molecule has 6 nitrogen and oxygen atoms in total. The number of amides is 3. The molecule has 27 heavy (non-hydrogen) atoms. The highest BCUT2D eigenvalue weighted by molar-refractivity contribution is 5.89. The summed E-state index contributed by atoms with van der Waals surface area (Å²) in [4.78, 5) is 25.3. The number of rotatable bonds is 4. The van der Waals surface area contributed by atoms with E-state index in [1.165, 1.54) is 23.1 Å². The molecule has 6 heteroatoms. The first-order chi connectivity index (χ1) is 13.1. The van der Waals surface area contributed by atoms with Crippen molar-refractivity contribution in [3.8, 4) is 0 Å². The summed E-state index contributed by atoms with van der Waals surface area (Å²) in [5.41, 5.74) is 4.18. The number of ether oxygens (including phenoxy) is 1. The van der Waals surface area contributed by atoms with E-state index in [4.69, 9.17) is 0 Å². The fraction of sp³-hybridized carbons (Fsp3) is 0.333. The van der Waals surface area contributed by atoms with Crippen molar-refractivity contribution in [2.45, 2.75) is 31.8 Å². The molecule has 2 aromatic rings. The Morgan fingerprint density at radius 3 is 2.63 bits per heavy atom. The van der Waals surface area contributed by atoms with Gasteiger partial charge in [-0.15, -0.1) is 0 Å². The Bertz CT molecular complexity index is 805. The summed E-state index contributed by atoms with van der Waals surface area (Å²) in [6.07, 6.45) is 2.70. The second kappa shape index (κ2) is 8.58. The predicted molar refractivity (Wildman–Crippen MR) is 105 cm³/mol. The predicted octanol–water partition coefficient (Wildman–Crippen LogP) is 4.08. The van der Waals surface area contributed by atoms with E-state index < -0.39 is 0 Å². The van der Waals surface area contributed by atoms with Crippen LogP contribution in [0.4, 0.5) is 15.3 Å². The number of aryl methyl sites for hydroxylation is 1. The highest BCUT2D eigenvalue weighted by atomic mass is 16.5. The Kier molecular flexibility index (Phi) is 5.96. The molecule has 1 aliphatic carbocycles. The van der Waals surface area contributed by atoms with Gasteiger partial charge < -0.3 is 20.3 Å². The van der Waals surface area contributed by atoms with Crippen molar-refractivity contribution in [2.75, 3.05) is 19.5 Å². The van der Waals surface area contributed by atoms with E-state index in [1.54, 1.807) is 7.05 Å². The van der Waals surface area contributed by atoms with Gasteiger partial charge in [-0.25, -0.2) is 9.59 Å². The fourth-order valence-electron chi connectivity index (χ4n) is 3.42. The molecule has 0 heterocycles. The summed E-state index contributed by atoms with van der Waals surface area (Å²) >= 11 is 0. The number of carbonyl (C=O) groups is 2. The van der Waals surface area contributed by atoms with Gasteiger partial charge >= 0.3 is 12.1 Å². The number of nitrogens with zero attached hydrogens (tertiary/aromatic N) is 1. The van der Waals surface area contributed by atoms with Crippen LogP contribution in [0.15, 0.2) is 48.5 Å². The number of urea groups is 1. The molecule has 2 aromatic carbocycles. The van der Waals surface area contributed by atoms with Gasteiger partial charge in [0, 0.05) is 19.3 Å². The maximum absolute atomic E-state index is 12.4. The van der Waals surface area contributed by atoms with E-state index in [2.05, 4.69) is 27.5 Å². The lowest BCUT2D eigenvalue weighted by Crippen LogP contribution is -2.34. The van der Waals surface area contributed by atoms with Gasteiger partial charge in [0.2, 0.25) is 0 Å². The summed E-state index contributed by atoms with van der Waals surface area (Å²) in [7, 11) is 3.03. The molecule has 1 unspecified atom stereocenters. The molecule has 0 spiro atoms. The number of benzene rings is 2. The van der Waals surface area contributed by atoms with Crippen LogP contribution in [0.3, 0.4) is 0 Å². The zero-order chi connectivity index (χ0) is 19.2. The van der Waals surface area contributed by atoms with Gasteiger partial charge in [-0.1, -0.05) is 36.4 Å². The van der Waals surface area contributed by atoms with Gasteiger partial charge in [-0.2, -0.15) is 0 Å². The van der Waals surface area contributed by atoms with E-state index >= 15 is 0 Å². The Morgan fingerprint density at radius 2 is 1.89 bits per heavy atom. The number of hydrogen-bond acceptors (Lipinski definition) is 3. The molecule has 3 rings (SSSR count). The molecule has 0 radical (unpaired) electrons. The average Bonchev–Trinajstić information content (AvgIpc) is 2.69. The van der Waals surface area contributed by atoms with Gasteiger partial charge in [0.25, 0.3) is 0 Å². The smallest absolute Gasteiger partial charge is 0.409 e. The second-order valence-electron chi connectivity index (χ2n) is 6.77. The maximum Gasteiger partial charge on any atom is 0.409 e. The average molecular weight is 367 g/mol. The zero-order valence-corrected chi connectivity index (χ0v) is 15.7. The van der Waals surface area contributed by atoms with Crippen molar-refractivity contribution in [1.29, 1.82) is 0 Å². The molecule has 0 bridgehead atoms. The van der Waals surface area contributed by atoms with Crippen molar-refractivity contribution < 1.29 is 14.3 Å². The molecule has 142 valence electrons. The molecular weight excluding hydrogens is 342 g/mol. The molecule has 0 aliphatic heterocycles. The Hall–Kier alpha value is -3.02. The second-order valence-corrected chi connectivity index (χ2v) is 6.77. The lowest BCUT2D eigenvalue weighted by molar-refractivity contribution is 0.131. The highest BCUT2D eigenvalue weighted by Crippen LogP contribution is 2.29. The van der Waals surface area contributed by atoms with Gasteiger partial charge in [-0.05, 0) is 48.1 Å². The van der Waals surface area contributed by atoms with Crippen LogP contribution in [0.5, 0.6) is 0 Å². The summed E-state index contributed by atoms with van der Waals surface area (Å²) in [6, 6.07) is 15.5. The number of hydrogen-bond donors (Lipinski definition) is 2. The van der Waals surface area contributed by atoms with Crippen LogP contribution < -0.4 is 10.6 Å². The first kappa shape index (κ1) is 18.8. The van der Waals surface area contributed by atoms with Gasteiger partial charge in [0.15, 0.2) is 0 Å². The van der Waals surface area contributed by atoms with Crippen LogP contribution in [0.1, 0.15) is 35.6 Å².